The minimum atomic E-state index is -0.540. The summed E-state index contributed by atoms with van der Waals surface area (Å²) in [5.41, 5.74) is 11.5. The van der Waals surface area contributed by atoms with Crippen LogP contribution in [0.4, 0.5) is 26.2 Å². The lowest BCUT2D eigenvalue weighted by molar-refractivity contribution is -0.133. The van der Waals surface area contributed by atoms with Gasteiger partial charge in [-0.25, -0.2) is 14.6 Å². The van der Waals surface area contributed by atoms with E-state index in [1.54, 1.807) is 17.1 Å². The molecule has 1 atom stereocenters. The van der Waals surface area contributed by atoms with Crippen LogP contribution < -0.4 is 21.0 Å². The zero-order valence-corrected chi connectivity index (χ0v) is 20.4. The number of nitrogen functional groups attached to an aromatic ring is 1. The van der Waals surface area contributed by atoms with Gasteiger partial charge in [0.1, 0.15) is 17.7 Å². The lowest BCUT2D eigenvalue weighted by Crippen LogP contribution is -2.43. The number of carbonyl (C=O) groups is 3. The summed E-state index contributed by atoms with van der Waals surface area (Å²) in [6, 6.07) is 12.2. The van der Waals surface area contributed by atoms with Gasteiger partial charge in [0.25, 0.3) is 0 Å². The number of aryl methyl sites for hydroxylation is 1. The van der Waals surface area contributed by atoms with E-state index in [0.717, 1.165) is 5.56 Å². The van der Waals surface area contributed by atoms with E-state index in [1.165, 1.54) is 17.9 Å². The first-order valence-corrected chi connectivity index (χ1v) is 12.2. The molecule has 192 valence electrons. The highest BCUT2D eigenvalue weighted by Gasteiger charge is 2.33. The fraction of sp³-hybridized carbons (Fsp3) is 0.423. The van der Waals surface area contributed by atoms with Crippen molar-refractivity contribution in [3.63, 3.8) is 0 Å². The van der Waals surface area contributed by atoms with Crippen LogP contribution in [0.2, 0.25) is 0 Å². The Kier molecular flexibility index (Phi) is 8.04. The third-order valence-electron chi connectivity index (χ3n) is 6.43. The molecule has 3 N–H and O–H groups in total. The van der Waals surface area contributed by atoms with Crippen LogP contribution >= 0.6 is 0 Å². The zero-order valence-electron chi connectivity index (χ0n) is 20.4. The Hall–Kier alpha value is -3.66. The van der Waals surface area contributed by atoms with Gasteiger partial charge in [0.2, 0.25) is 5.91 Å². The minimum absolute atomic E-state index is 0.0260. The standard InChI is InChI=1S/C26H32FN5O4/c1-18(33)5-8-22-17-31(26(35)36-22)21-7-9-24(23(27)16-21)30-12-11-29-32(14-13-30)25(34)10-6-19-3-2-4-20(28)15-19/h2-4,7,9,15-16,22,29H,5-6,8,10-14,17,28H2,1H3/t22-/m0/s1. The molecular weight excluding hydrogens is 465 g/mol. The average molecular weight is 498 g/mol. The number of nitrogens with two attached hydrogens (primary N) is 1. The number of hydrogen-bond acceptors (Lipinski definition) is 7. The molecule has 0 aliphatic carbocycles. The summed E-state index contributed by atoms with van der Waals surface area (Å²) in [4.78, 5) is 39.5. The predicted octanol–water partition coefficient (Wildman–Crippen LogP) is 2.89. The fourth-order valence-electron chi connectivity index (χ4n) is 4.49. The number of halogens is 1. The van der Waals surface area contributed by atoms with Crippen molar-refractivity contribution in [2.24, 2.45) is 0 Å². The quantitative estimate of drug-likeness (QED) is 0.540. The summed E-state index contributed by atoms with van der Waals surface area (Å²) in [5.74, 6) is -0.440. The van der Waals surface area contributed by atoms with E-state index in [-0.39, 0.29) is 24.3 Å². The van der Waals surface area contributed by atoms with Crippen molar-refractivity contribution in [1.82, 2.24) is 10.4 Å². The second-order valence-electron chi connectivity index (χ2n) is 9.18. The van der Waals surface area contributed by atoms with Gasteiger partial charge in [-0.15, -0.1) is 0 Å². The number of Topliss-reactive ketones (excluding diaryl/α,β-unsaturated/α-hetero) is 1. The van der Waals surface area contributed by atoms with E-state index in [1.807, 2.05) is 29.2 Å². The molecule has 9 nitrogen and oxygen atoms in total. The van der Waals surface area contributed by atoms with E-state index in [0.29, 0.717) is 68.9 Å². The molecule has 2 aliphatic rings. The van der Waals surface area contributed by atoms with Crippen LogP contribution in [-0.2, 0) is 20.7 Å². The Morgan fingerprint density at radius 3 is 2.72 bits per heavy atom. The highest BCUT2D eigenvalue weighted by atomic mass is 19.1. The molecular formula is C26H32FN5O4. The first kappa shape index (κ1) is 25.4. The molecule has 2 fully saturated rings. The summed E-state index contributed by atoms with van der Waals surface area (Å²) in [5, 5.41) is 1.60. The number of nitrogens with one attached hydrogen (secondary N) is 1. The first-order valence-electron chi connectivity index (χ1n) is 12.2. The van der Waals surface area contributed by atoms with Crippen LogP contribution in [0.1, 0.15) is 31.7 Å². The molecule has 2 amide bonds. The minimum Gasteiger partial charge on any atom is -0.444 e. The van der Waals surface area contributed by atoms with Crippen molar-refractivity contribution >= 4 is 34.8 Å². The van der Waals surface area contributed by atoms with Gasteiger partial charge in [-0.1, -0.05) is 12.1 Å². The highest BCUT2D eigenvalue weighted by molar-refractivity contribution is 5.90. The molecule has 36 heavy (non-hydrogen) atoms. The maximum Gasteiger partial charge on any atom is 0.414 e. The Labute approximate surface area is 209 Å². The maximum absolute atomic E-state index is 15.1. The second-order valence-corrected chi connectivity index (χ2v) is 9.18. The Morgan fingerprint density at radius 2 is 1.97 bits per heavy atom. The smallest absolute Gasteiger partial charge is 0.414 e. The van der Waals surface area contributed by atoms with E-state index >= 15 is 4.39 Å². The summed E-state index contributed by atoms with van der Waals surface area (Å²) < 4.78 is 20.4. The monoisotopic (exact) mass is 497 g/mol. The number of rotatable bonds is 8. The third-order valence-corrected chi connectivity index (χ3v) is 6.43. The zero-order chi connectivity index (χ0) is 25.7. The molecule has 0 bridgehead atoms. The molecule has 2 aromatic rings. The molecule has 2 aromatic carbocycles. The van der Waals surface area contributed by atoms with E-state index in [9.17, 15) is 14.4 Å². The SMILES string of the molecule is CC(=O)CC[C@H]1CN(c2ccc(N3CCNN(C(=O)CCc4cccc(N)c4)CC3)c(F)c2)C(=O)O1. The van der Waals surface area contributed by atoms with Crippen molar-refractivity contribution < 1.29 is 23.5 Å². The van der Waals surface area contributed by atoms with Gasteiger partial charge in [0, 0.05) is 38.2 Å². The first-order chi connectivity index (χ1) is 17.3. The van der Waals surface area contributed by atoms with Crippen molar-refractivity contribution in [2.45, 2.75) is 38.7 Å². The number of carbonyl (C=O) groups excluding carboxylic acids is 3. The number of ketones is 1. The number of hydrazine groups is 1. The van der Waals surface area contributed by atoms with Gasteiger partial charge >= 0.3 is 6.09 Å². The molecule has 0 radical (unpaired) electrons. The molecule has 2 aliphatic heterocycles. The van der Waals surface area contributed by atoms with Crippen molar-refractivity contribution in [2.75, 3.05) is 48.3 Å². The molecule has 2 heterocycles. The summed E-state index contributed by atoms with van der Waals surface area (Å²) >= 11 is 0. The lowest BCUT2D eigenvalue weighted by atomic mass is 10.1. The Morgan fingerprint density at radius 1 is 1.14 bits per heavy atom. The van der Waals surface area contributed by atoms with Gasteiger partial charge < -0.3 is 20.2 Å². The third kappa shape index (κ3) is 6.31. The van der Waals surface area contributed by atoms with Crippen molar-refractivity contribution in [3.05, 3.63) is 53.8 Å². The topological polar surface area (TPSA) is 108 Å². The summed E-state index contributed by atoms with van der Waals surface area (Å²) in [6.07, 6.45) is 0.802. The second kappa shape index (κ2) is 11.4. The average Bonchev–Trinajstić information content (AvgIpc) is 3.05. The number of anilines is 3. The van der Waals surface area contributed by atoms with Crippen molar-refractivity contribution in [1.29, 1.82) is 0 Å². The van der Waals surface area contributed by atoms with Gasteiger partial charge in [0.05, 0.1) is 24.5 Å². The molecule has 10 heteroatoms. The van der Waals surface area contributed by atoms with Crippen LogP contribution in [0.5, 0.6) is 0 Å². The van der Waals surface area contributed by atoms with Gasteiger partial charge in [-0.2, -0.15) is 0 Å². The van der Waals surface area contributed by atoms with Crippen LogP contribution in [0.3, 0.4) is 0 Å². The molecule has 0 spiro atoms. The van der Waals surface area contributed by atoms with Crippen LogP contribution in [0, 0.1) is 5.82 Å². The van der Waals surface area contributed by atoms with Crippen LogP contribution in [0.15, 0.2) is 42.5 Å². The molecule has 0 unspecified atom stereocenters. The van der Waals surface area contributed by atoms with Crippen LogP contribution in [0.25, 0.3) is 0 Å². The van der Waals surface area contributed by atoms with E-state index in [4.69, 9.17) is 10.5 Å². The number of ether oxygens (including phenoxy) is 1. The lowest BCUT2D eigenvalue weighted by Gasteiger charge is -2.24. The summed E-state index contributed by atoms with van der Waals surface area (Å²) in [6.45, 7) is 3.66. The van der Waals surface area contributed by atoms with Gasteiger partial charge in [-0.3, -0.25) is 14.7 Å². The van der Waals surface area contributed by atoms with Crippen LogP contribution in [-0.4, -0.2) is 61.6 Å². The molecule has 0 saturated carbocycles. The Balaban J connectivity index is 1.33. The molecule has 0 aromatic heterocycles. The van der Waals surface area contributed by atoms with E-state index < -0.39 is 11.9 Å². The van der Waals surface area contributed by atoms with Crippen molar-refractivity contribution in [3.8, 4) is 0 Å². The summed E-state index contributed by atoms with van der Waals surface area (Å²) in [7, 11) is 0. The largest absolute Gasteiger partial charge is 0.444 e. The Bertz CT molecular complexity index is 1130. The van der Waals surface area contributed by atoms with E-state index in [2.05, 4.69) is 5.43 Å². The highest BCUT2D eigenvalue weighted by Crippen LogP contribution is 2.29. The number of hydrogen-bond donors (Lipinski definition) is 2. The predicted molar refractivity (Wildman–Crippen MR) is 135 cm³/mol. The number of amides is 2. The van der Waals surface area contributed by atoms with Gasteiger partial charge in [-0.05, 0) is 55.7 Å². The molecule has 4 rings (SSSR count). The number of nitrogens with zero attached hydrogens (tertiary/aromatic N) is 3. The van der Waals surface area contributed by atoms with Gasteiger partial charge in [0.15, 0.2) is 0 Å². The number of benzene rings is 2. The fourth-order valence-corrected chi connectivity index (χ4v) is 4.49. The number of cyclic esters (lactones) is 1. The maximum atomic E-state index is 15.1. The molecule has 2 saturated heterocycles. The normalized spacial score (nSPS) is 18.2.